The molecule has 1 N–H and O–H groups in total. The number of benzene rings is 1. The normalized spacial score (nSPS) is 14.9. The van der Waals surface area contributed by atoms with Gasteiger partial charge in [-0.15, -0.1) is 0 Å². The van der Waals surface area contributed by atoms with E-state index in [4.69, 9.17) is 11.6 Å². The standard InChI is InChI=1S/C13H16ClN3O3/c1-20-13(19)17-7-5-16(6-8-17)12(18)15-11-4-2-3-10(14)9-11/h2-4,9H,5-8H2,1H3,(H,15,18). The first-order chi connectivity index (χ1) is 9.60. The highest BCUT2D eigenvalue weighted by Gasteiger charge is 2.24. The lowest BCUT2D eigenvalue weighted by atomic mass is 10.3. The number of piperazine rings is 1. The maximum atomic E-state index is 12.1. The van der Waals surface area contributed by atoms with E-state index >= 15 is 0 Å². The zero-order chi connectivity index (χ0) is 14.5. The molecule has 0 spiro atoms. The van der Waals surface area contributed by atoms with Gasteiger partial charge in [-0.2, -0.15) is 0 Å². The molecule has 1 aromatic rings. The molecule has 1 aliphatic heterocycles. The van der Waals surface area contributed by atoms with Crippen LogP contribution < -0.4 is 5.32 Å². The highest BCUT2D eigenvalue weighted by molar-refractivity contribution is 6.30. The Morgan fingerprint density at radius 3 is 2.45 bits per heavy atom. The van der Waals surface area contributed by atoms with Gasteiger partial charge in [0.05, 0.1) is 7.11 Å². The van der Waals surface area contributed by atoms with Gasteiger partial charge in [0.15, 0.2) is 0 Å². The molecule has 0 atom stereocenters. The van der Waals surface area contributed by atoms with Crippen LogP contribution in [0.3, 0.4) is 0 Å². The smallest absolute Gasteiger partial charge is 0.409 e. The molecule has 2 rings (SSSR count). The van der Waals surface area contributed by atoms with E-state index in [-0.39, 0.29) is 12.1 Å². The third kappa shape index (κ3) is 3.54. The average Bonchev–Trinajstić information content (AvgIpc) is 2.46. The molecule has 7 heteroatoms. The van der Waals surface area contributed by atoms with Crippen LogP contribution in [0.1, 0.15) is 0 Å². The van der Waals surface area contributed by atoms with E-state index < -0.39 is 0 Å². The van der Waals surface area contributed by atoms with Crippen LogP contribution in [-0.4, -0.2) is 55.2 Å². The lowest BCUT2D eigenvalue weighted by Crippen LogP contribution is -2.51. The van der Waals surface area contributed by atoms with Gasteiger partial charge in [-0.1, -0.05) is 17.7 Å². The number of urea groups is 1. The first-order valence-electron chi connectivity index (χ1n) is 6.24. The third-order valence-electron chi connectivity index (χ3n) is 3.08. The van der Waals surface area contributed by atoms with Crippen LogP contribution in [0.15, 0.2) is 24.3 Å². The van der Waals surface area contributed by atoms with Gasteiger partial charge >= 0.3 is 12.1 Å². The molecule has 20 heavy (non-hydrogen) atoms. The van der Waals surface area contributed by atoms with Crippen molar-refractivity contribution in [2.75, 3.05) is 38.6 Å². The summed E-state index contributed by atoms with van der Waals surface area (Å²) in [7, 11) is 1.35. The lowest BCUT2D eigenvalue weighted by Gasteiger charge is -2.33. The second kappa shape index (κ2) is 6.47. The molecule has 1 fully saturated rings. The molecule has 1 saturated heterocycles. The van der Waals surface area contributed by atoms with Gasteiger partial charge in [0.1, 0.15) is 0 Å². The van der Waals surface area contributed by atoms with E-state index in [1.54, 1.807) is 34.1 Å². The minimum absolute atomic E-state index is 0.197. The minimum atomic E-state index is -0.361. The Balaban J connectivity index is 1.87. The third-order valence-corrected chi connectivity index (χ3v) is 3.31. The summed E-state index contributed by atoms with van der Waals surface area (Å²) in [6, 6.07) is 6.77. The average molecular weight is 298 g/mol. The summed E-state index contributed by atoms with van der Waals surface area (Å²) < 4.78 is 4.65. The summed E-state index contributed by atoms with van der Waals surface area (Å²) in [6.07, 6.45) is -0.361. The Kier molecular flexibility index (Phi) is 4.68. The molecular formula is C13H16ClN3O3. The number of ether oxygens (including phenoxy) is 1. The fourth-order valence-electron chi connectivity index (χ4n) is 1.99. The maximum absolute atomic E-state index is 12.1. The second-order valence-electron chi connectivity index (χ2n) is 4.38. The molecule has 0 aromatic heterocycles. The van der Waals surface area contributed by atoms with E-state index in [2.05, 4.69) is 10.1 Å². The highest BCUT2D eigenvalue weighted by atomic mass is 35.5. The van der Waals surface area contributed by atoms with Crippen LogP contribution in [-0.2, 0) is 4.74 Å². The Labute approximate surface area is 122 Å². The second-order valence-corrected chi connectivity index (χ2v) is 4.82. The van der Waals surface area contributed by atoms with Gasteiger partial charge in [-0.25, -0.2) is 9.59 Å². The minimum Gasteiger partial charge on any atom is -0.453 e. The molecule has 1 aromatic carbocycles. The van der Waals surface area contributed by atoms with Crippen molar-refractivity contribution in [3.8, 4) is 0 Å². The van der Waals surface area contributed by atoms with E-state index in [9.17, 15) is 9.59 Å². The van der Waals surface area contributed by atoms with Crippen molar-refractivity contribution in [1.29, 1.82) is 0 Å². The number of rotatable bonds is 1. The number of hydrogen-bond donors (Lipinski definition) is 1. The van der Waals surface area contributed by atoms with Crippen molar-refractivity contribution < 1.29 is 14.3 Å². The topological polar surface area (TPSA) is 61.9 Å². The lowest BCUT2D eigenvalue weighted by molar-refractivity contribution is 0.0993. The zero-order valence-corrected chi connectivity index (χ0v) is 11.9. The Morgan fingerprint density at radius 2 is 1.85 bits per heavy atom. The van der Waals surface area contributed by atoms with Crippen molar-refractivity contribution in [2.45, 2.75) is 0 Å². The summed E-state index contributed by atoms with van der Waals surface area (Å²) >= 11 is 5.86. The van der Waals surface area contributed by atoms with Crippen molar-refractivity contribution in [1.82, 2.24) is 9.80 Å². The first kappa shape index (κ1) is 14.5. The number of nitrogens with zero attached hydrogens (tertiary/aromatic N) is 2. The van der Waals surface area contributed by atoms with E-state index in [0.29, 0.717) is 36.9 Å². The summed E-state index contributed by atoms with van der Waals surface area (Å²) in [5, 5.41) is 3.35. The maximum Gasteiger partial charge on any atom is 0.409 e. The molecule has 1 heterocycles. The molecule has 6 nitrogen and oxygen atoms in total. The molecule has 1 aliphatic rings. The largest absolute Gasteiger partial charge is 0.453 e. The highest BCUT2D eigenvalue weighted by Crippen LogP contribution is 2.15. The molecule has 0 aliphatic carbocycles. The number of methoxy groups -OCH3 is 1. The number of carbonyl (C=O) groups is 2. The fourth-order valence-corrected chi connectivity index (χ4v) is 2.18. The molecule has 0 unspecified atom stereocenters. The van der Waals surface area contributed by atoms with Gasteiger partial charge < -0.3 is 19.9 Å². The van der Waals surface area contributed by atoms with E-state index in [1.807, 2.05) is 0 Å². The van der Waals surface area contributed by atoms with Crippen molar-refractivity contribution in [3.63, 3.8) is 0 Å². The van der Waals surface area contributed by atoms with Crippen LogP contribution in [0.25, 0.3) is 0 Å². The number of anilines is 1. The Morgan fingerprint density at radius 1 is 1.20 bits per heavy atom. The van der Waals surface area contributed by atoms with Crippen LogP contribution in [0.2, 0.25) is 5.02 Å². The predicted molar refractivity (Wildman–Crippen MR) is 76.0 cm³/mol. The molecule has 0 saturated carbocycles. The van der Waals surface area contributed by atoms with Crippen molar-refractivity contribution in [2.24, 2.45) is 0 Å². The summed E-state index contributed by atoms with van der Waals surface area (Å²) in [5.74, 6) is 0. The molecule has 0 bridgehead atoms. The summed E-state index contributed by atoms with van der Waals surface area (Å²) in [4.78, 5) is 26.6. The molecule has 108 valence electrons. The SMILES string of the molecule is COC(=O)N1CCN(C(=O)Nc2cccc(Cl)c2)CC1. The van der Waals surface area contributed by atoms with E-state index in [1.165, 1.54) is 7.11 Å². The Bertz CT molecular complexity index is 501. The Hall–Kier alpha value is -1.95. The van der Waals surface area contributed by atoms with Gasteiger partial charge in [-0.05, 0) is 18.2 Å². The quantitative estimate of drug-likeness (QED) is 0.865. The molecular weight excluding hydrogens is 282 g/mol. The number of halogens is 1. The predicted octanol–water partition coefficient (Wildman–Crippen LogP) is 2.26. The number of amides is 3. The van der Waals surface area contributed by atoms with Crippen LogP contribution in [0.4, 0.5) is 15.3 Å². The van der Waals surface area contributed by atoms with Crippen LogP contribution in [0, 0.1) is 0 Å². The number of carbonyl (C=O) groups excluding carboxylic acids is 2. The van der Waals surface area contributed by atoms with Crippen molar-refractivity contribution >= 4 is 29.4 Å². The van der Waals surface area contributed by atoms with Crippen LogP contribution >= 0.6 is 11.6 Å². The first-order valence-corrected chi connectivity index (χ1v) is 6.62. The van der Waals surface area contributed by atoms with Gasteiger partial charge in [0.25, 0.3) is 0 Å². The van der Waals surface area contributed by atoms with Gasteiger partial charge in [-0.3, -0.25) is 0 Å². The van der Waals surface area contributed by atoms with Crippen molar-refractivity contribution in [3.05, 3.63) is 29.3 Å². The van der Waals surface area contributed by atoms with Gasteiger partial charge in [0.2, 0.25) is 0 Å². The number of nitrogens with one attached hydrogen (secondary N) is 1. The molecule has 0 radical (unpaired) electrons. The van der Waals surface area contributed by atoms with E-state index in [0.717, 1.165) is 0 Å². The summed E-state index contributed by atoms with van der Waals surface area (Å²) in [5.41, 5.74) is 0.651. The monoisotopic (exact) mass is 297 g/mol. The number of hydrogen-bond acceptors (Lipinski definition) is 3. The zero-order valence-electron chi connectivity index (χ0n) is 11.1. The van der Waals surface area contributed by atoms with Gasteiger partial charge in [0, 0.05) is 36.9 Å². The molecule has 3 amide bonds. The summed E-state index contributed by atoms with van der Waals surface area (Å²) in [6.45, 7) is 1.88. The van der Waals surface area contributed by atoms with Crippen LogP contribution in [0.5, 0.6) is 0 Å². The fraction of sp³-hybridized carbons (Fsp3) is 0.385.